The molecule has 0 aliphatic rings. The molecule has 0 bridgehead atoms. The van der Waals surface area contributed by atoms with Crippen LogP contribution in [-0.2, 0) is 9.53 Å². The highest BCUT2D eigenvalue weighted by Gasteiger charge is 2.21. The summed E-state index contributed by atoms with van der Waals surface area (Å²) in [5.41, 5.74) is -0.428. The maximum Gasteiger partial charge on any atom is 0.338 e. The van der Waals surface area contributed by atoms with Crippen LogP contribution in [0.5, 0.6) is 5.75 Å². The molecule has 8 heteroatoms. The van der Waals surface area contributed by atoms with E-state index in [1.807, 2.05) is 6.26 Å². The largest absolute Gasteiger partial charge is 0.465 e. The summed E-state index contributed by atoms with van der Waals surface area (Å²) in [4.78, 5) is 33.2. The number of nitrogens with zero attached hydrogens (tertiary/aromatic N) is 1. The highest BCUT2D eigenvalue weighted by molar-refractivity contribution is 7.98. The molecule has 0 amide bonds. The van der Waals surface area contributed by atoms with Crippen LogP contribution in [0.2, 0.25) is 0 Å². The van der Waals surface area contributed by atoms with Crippen LogP contribution >= 0.6 is 11.8 Å². The zero-order chi connectivity index (χ0) is 15.8. The summed E-state index contributed by atoms with van der Waals surface area (Å²) in [5.74, 6) is -0.617. The minimum Gasteiger partial charge on any atom is -0.465 e. The van der Waals surface area contributed by atoms with Gasteiger partial charge in [-0.2, -0.15) is 11.8 Å². The highest BCUT2D eigenvalue weighted by atomic mass is 32.2. The van der Waals surface area contributed by atoms with Crippen molar-refractivity contribution in [3.8, 4) is 5.75 Å². The number of benzene rings is 1. The molecule has 21 heavy (non-hydrogen) atoms. The van der Waals surface area contributed by atoms with Gasteiger partial charge in [0.1, 0.15) is 0 Å². The zero-order valence-electron chi connectivity index (χ0n) is 11.7. The second-order valence-electron chi connectivity index (χ2n) is 4.00. The van der Waals surface area contributed by atoms with Crippen molar-refractivity contribution in [3.63, 3.8) is 0 Å². The fraction of sp³-hybridized carbons (Fsp3) is 0.385. The van der Waals surface area contributed by atoms with Crippen molar-refractivity contribution < 1.29 is 24.0 Å². The topological polar surface area (TPSA) is 95.7 Å². The van der Waals surface area contributed by atoms with E-state index in [0.717, 1.165) is 11.8 Å². The molecule has 7 nitrogen and oxygen atoms in total. The third kappa shape index (κ3) is 5.07. The smallest absolute Gasteiger partial charge is 0.338 e. The number of thioether (sulfide) groups is 1. The quantitative estimate of drug-likeness (QED) is 0.251. The number of nitro groups is 1. The molecule has 0 N–H and O–H groups in total. The molecule has 0 saturated heterocycles. The first-order chi connectivity index (χ1) is 9.99. The molecule has 1 aromatic carbocycles. The summed E-state index contributed by atoms with van der Waals surface area (Å²) < 4.78 is 9.47. The minimum atomic E-state index is -0.711. The Kier molecular flexibility index (Phi) is 6.67. The molecule has 0 heterocycles. The van der Waals surface area contributed by atoms with Crippen LogP contribution < -0.4 is 4.74 Å². The summed E-state index contributed by atoms with van der Waals surface area (Å²) >= 11 is 1.60. The normalized spacial score (nSPS) is 10.0. The SMILES string of the molecule is COC(=O)c1ccc(OC(=O)CCCSC)c([N+](=O)[O-])c1. The average molecular weight is 313 g/mol. The van der Waals surface area contributed by atoms with Crippen LogP contribution in [0.1, 0.15) is 23.2 Å². The van der Waals surface area contributed by atoms with E-state index < -0.39 is 22.5 Å². The van der Waals surface area contributed by atoms with Crippen LogP contribution in [-0.4, -0.2) is 36.0 Å². The number of methoxy groups -OCH3 is 1. The highest BCUT2D eigenvalue weighted by Crippen LogP contribution is 2.28. The molecule has 0 unspecified atom stereocenters. The third-order valence-electron chi connectivity index (χ3n) is 2.53. The summed E-state index contributed by atoms with van der Waals surface area (Å²) in [7, 11) is 1.17. The fourth-order valence-corrected chi connectivity index (χ4v) is 1.96. The van der Waals surface area contributed by atoms with Crippen molar-refractivity contribution in [2.75, 3.05) is 19.1 Å². The first-order valence-electron chi connectivity index (χ1n) is 6.06. The third-order valence-corrected chi connectivity index (χ3v) is 3.23. The lowest BCUT2D eigenvalue weighted by Crippen LogP contribution is -2.10. The van der Waals surface area contributed by atoms with Crippen LogP contribution in [0, 0.1) is 10.1 Å². The van der Waals surface area contributed by atoms with Gasteiger partial charge in [-0.05, 0) is 30.6 Å². The predicted octanol–water partition coefficient (Wildman–Crippen LogP) is 2.43. The molecule has 0 spiro atoms. The molecule has 0 atom stereocenters. The number of carbonyl (C=O) groups excluding carboxylic acids is 2. The molecular weight excluding hydrogens is 298 g/mol. The van der Waals surface area contributed by atoms with Gasteiger partial charge in [-0.15, -0.1) is 0 Å². The van der Waals surface area contributed by atoms with E-state index in [9.17, 15) is 19.7 Å². The van der Waals surface area contributed by atoms with Gasteiger partial charge in [0.05, 0.1) is 17.6 Å². The van der Waals surface area contributed by atoms with Gasteiger partial charge >= 0.3 is 17.6 Å². The van der Waals surface area contributed by atoms with Gasteiger partial charge in [0.25, 0.3) is 0 Å². The molecule has 1 aromatic rings. The Bertz CT molecular complexity index is 545. The molecule has 0 aliphatic carbocycles. The van der Waals surface area contributed by atoms with E-state index in [2.05, 4.69) is 4.74 Å². The Labute approximate surface area is 125 Å². The van der Waals surface area contributed by atoms with Crippen molar-refractivity contribution in [2.45, 2.75) is 12.8 Å². The standard InChI is InChI=1S/C13H15NO6S/c1-19-13(16)9-5-6-11(10(8-9)14(17)18)20-12(15)4-3-7-21-2/h5-6,8H,3-4,7H2,1-2H3. The lowest BCUT2D eigenvalue weighted by Gasteiger charge is -2.06. The van der Waals surface area contributed by atoms with Crippen LogP contribution in [0.4, 0.5) is 5.69 Å². The Balaban J connectivity index is 2.89. The fourth-order valence-electron chi connectivity index (χ4n) is 1.53. The zero-order valence-corrected chi connectivity index (χ0v) is 12.5. The van der Waals surface area contributed by atoms with E-state index in [0.29, 0.717) is 6.42 Å². The molecule has 1 rings (SSSR count). The minimum absolute atomic E-state index is 0.0198. The monoisotopic (exact) mass is 313 g/mol. The Morgan fingerprint density at radius 2 is 2.10 bits per heavy atom. The number of ether oxygens (including phenoxy) is 2. The number of hydrogen-bond acceptors (Lipinski definition) is 7. The lowest BCUT2D eigenvalue weighted by molar-refractivity contribution is -0.385. The average Bonchev–Trinajstić information content (AvgIpc) is 2.46. The molecule has 0 fully saturated rings. The van der Waals surface area contributed by atoms with Gasteiger partial charge in [0.2, 0.25) is 5.75 Å². The number of esters is 2. The molecule has 0 saturated carbocycles. The van der Waals surface area contributed by atoms with Crippen molar-refractivity contribution in [1.29, 1.82) is 0 Å². The van der Waals surface area contributed by atoms with Gasteiger partial charge in [-0.1, -0.05) is 0 Å². The van der Waals surface area contributed by atoms with Gasteiger partial charge < -0.3 is 9.47 Å². The van der Waals surface area contributed by atoms with Crippen LogP contribution in [0.25, 0.3) is 0 Å². The summed E-state index contributed by atoms with van der Waals surface area (Å²) in [6.07, 6.45) is 2.73. The van der Waals surface area contributed by atoms with Crippen LogP contribution in [0.3, 0.4) is 0 Å². The summed E-state index contributed by atoms with van der Waals surface area (Å²) in [5, 5.41) is 11.0. The van der Waals surface area contributed by atoms with E-state index in [4.69, 9.17) is 4.74 Å². The number of nitro benzene ring substituents is 1. The summed E-state index contributed by atoms with van der Waals surface area (Å²) in [6, 6.07) is 3.55. The van der Waals surface area contributed by atoms with Gasteiger partial charge in [-0.3, -0.25) is 14.9 Å². The Morgan fingerprint density at radius 3 is 2.67 bits per heavy atom. The lowest BCUT2D eigenvalue weighted by atomic mass is 10.2. The van der Waals surface area contributed by atoms with Gasteiger partial charge in [0, 0.05) is 12.5 Å². The van der Waals surface area contributed by atoms with Crippen molar-refractivity contribution in [2.24, 2.45) is 0 Å². The van der Waals surface area contributed by atoms with Crippen LogP contribution in [0.15, 0.2) is 18.2 Å². The Hall–Kier alpha value is -2.09. The number of rotatable bonds is 7. The molecule has 0 radical (unpaired) electrons. The van der Waals surface area contributed by atoms with E-state index in [1.54, 1.807) is 11.8 Å². The predicted molar refractivity (Wildman–Crippen MR) is 77.7 cm³/mol. The molecule has 0 aliphatic heterocycles. The maximum atomic E-state index is 11.6. The van der Waals surface area contributed by atoms with Crippen molar-refractivity contribution in [3.05, 3.63) is 33.9 Å². The van der Waals surface area contributed by atoms with Gasteiger partial charge in [0.15, 0.2) is 0 Å². The van der Waals surface area contributed by atoms with Crippen molar-refractivity contribution >= 4 is 29.4 Å². The molecule has 114 valence electrons. The van der Waals surface area contributed by atoms with E-state index in [-0.39, 0.29) is 17.7 Å². The first kappa shape index (κ1) is 17.0. The molecule has 0 aromatic heterocycles. The Morgan fingerprint density at radius 1 is 1.38 bits per heavy atom. The number of hydrogen-bond donors (Lipinski definition) is 0. The van der Waals surface area contributed by atoms with Gasteiger partial charge in [-0.25, -0.2) is 4.79 Å². The number of carbonyl (C=O) groups is 2. The second-order valence-corrected chi connectivity index (χ2v) is 4.99. The first-order valence-corrected chi connectivity index (χ1v) is 7.45. The van der Waals surface area contributed by atoms with E-state index in [1.165, 1.54) is 19.2 Å². The maximum absolute atomic E-state index is 11.6. The van der Waals surface area contributed by atoms with Crippen molar-refractivity contribution in [1.82, 2.24) is 0 Å². The molecular formula is C13H15NO6S. The second kappa shape index (κ2) is 8.25. The van der Waals surface area contributed by atoms with E-state index >= 15 is 0 Å². The summed E-state index contributed by atoms with van der Waals surface area (Å²) in [6.45, 7) is 0.